The standard InChI is InChI=1S/C15H26N4O2/c1-5-19-13(10-12(2)16-19)14(20)18-8-6-17(7-9-18)11-15(3,4)21/h10,21H,5-9,11H2,1-4H3. The molecule has 1 saturated heterocycles. The molecule has 0 aromatic carbocycles. The van der Waals surface area contributed by atoms with E-state index in [0.29, 0.717) is 31.9 Å². The van der Waals surface area contributed by atoms with Crippen LogP contribution in [0, 0.1) is 6.92 Å². The van der Waals surface area contributed by atoms with Gasteiger partial charge in [0.2, 0.25) is 0 Å². The molecule has 0 bridgehead atoms. The van der Waals surface area contributed by atoms with Crippen molar-refractivity contribution in [3.63, 3.8) is 0 Å². The number of nitrogens with zero attached hydrogens (tertiary/aromatic N) is 4. The van der Waals surface area contributed by atoms with E-state index in [1.165, 1.54) is 0 Å². The maximum absolute atomic E-state index is 12.6. The van der Waals surface area contributed by atoms with Gasteiger partial charge in [0, 0.05) is 39.3 Å². The van der Waals surface area contributed by atoms with E-state index in [1.54, 1.807) is 4.68 Å². The van der Waals surface area contributed by atoms with E-state index in [1.807, 2.05) is 38.7 Å². The van der Waals surface area contributed by atoms with Crippen LogP contribution < -0.4 is 0 Å². The second kappa shape index (κ2) is 6.15. The highest BCUT2D eigenvalue weighted by molar-refractivity contribution is 5.92. The first-order valence-electron chi connectivity index (χ1n) is 7.58. The van der Waals surface area contributed by atoms with Crippen molar-refractivity contribution in [2.24, 2.45) is 0 Å². The Labute approximate surface area is 126 Å². The molecule has 1 aromatic heterocycles. The lowest BCUT2D eigenvalue weighted by Gasteiger charge is -2.37. The van der Waals surface area contributed by atoms with Gasteiger partial charge < -0.3 is 10.0 Å². The van der Waals surface area contributed by atoms with E-state index in [-0.39, 0.29) is 5.91 Å². The highest BCUT2D eigenvalue weighted by Gasteiger charge is 2.27. The van der Waals surface area contributed by atoms with E-state index < -0.39 is 5.60 Å². The molecule has 1 N–H and O–H groups in total. The largest absolute Gasteiger partial charge is 0.389 e. The third-order valence-corrected chi connectivity index (χ3v) is 3.69. The van der Waals surface area contributed by atoms with Gasteiger partial charge in [-0.3, -0.25) is 14.4 Å². The first-order chi connectivity index (χ1) is 9.80. The molecule has 1 aliphatic rings. The fraction of sp³-hybridized carbons (Fsp3) is 0.733. The van der Waals surface area contributed by atoms with Gasteiger partial charge in [-0.05, 0) is 33.8 Å². The van der Waals surface area contributed by atoms with Crippen LogP contribution >= 0.6 is 0 Å². The van der Waals surface area contributed by atoms with E-state index in [0.717, 1.165) is 18.8 Å². The van der Waals surface area contributed by atoms with Crippen molar-refractivity contribution in [1.82, 2.24) is 19.6 Å². The SMILES string of the molecule is CCn1nc(C)cc1C(=O)N1CCN(CC(C)(C)O)CC1. The normalized spacial score (nSPS) is 17.3. The highest BCUT2D eigenvalue weighted by atomic mass is 16.3. The van der Waals surface area contributed by atoms with Crippen LogP contribution in [0.3, 0.4) is 0 Å². The van der Waals surface area contributed by atoms with Crippen molar-refractivity contribution in [2.45, 2.75) is 39.8 Å². The summed E-state index contributed by atoms with van der Waals surface area (Å²) in [5, 5.41) is 14.2. The number of aryl methyl sites for hydroxylation is 2. The molecule has 0 aliphatic carbocycles. The topological polar surface area (TPSA) is 61.6 Å². The summed E-state index contributed by atoms with van der Waals surface area (Å²) in [4.78, 5) is 16.7. The van der Waals surface area contributed by atoms with Crippen LogP contribution in [0.2, 0.25) is 0 Å². The van der Waals surface area contributed by atoms with E-state index >= 15 is 0 Å². The Kier molecular flexibility index (Phi) is 4.68. The predicted molar refractivity (Wildman–Crippen MR) is 81.3 cm³/mol. The minimum Gasteiger partial charge on any atom is -0.389 e. The summed E-state index contributed by atoms with van der Waals surface area (Å²) in [5.74, 6) is 0.0559. The molecule has 1 aliphatic heterocycles. The second-order valence-electron chi connectivity index (χ2n) is 6.37. The number of β-amino-alcohol motifs (C(OH)–C–C–N with tert-alkyl or cyclic N) is 1. The van der Waals surface area contributed by atoms with Crippen molar-refractivity contribution in [1.29, 1.82) is 0 Å². The fourth-order valence-electron chi connectivity index (χ4n) is 2.78. The Balaban J connectivity index is 1.97. The average molecular weight is 294 g/mol. The predicted octanol–water partition coefficient (Wildman–Crippen LogP) is 0.740. The average Bonchev–Trinajstić information content (AvgIpc) is 2.78. The van der Waals surface area contributed by atoms with E-state index in [4.69, 9.17) is 0 Å². The maximum Gasteiger partial charge on any atom is 0.272 e. The molecular formula is C15H26N4O2. The molecule has 0 saturated carbocycles. The molecule has 1 aromatic rings. The lowest BCUT2D eigenvalue weighted by atomic mass is 10.1. The minimum atomic E-state index is -0.690. The van der Waals surface area contributed by atoms with Gasteiger partial charge >= 0.3 is 0 Å². The van der Waals surface area contributed by atoms with Crippen LogP contribution in [-0.2, 0) is 6.54 Å². The molecule has 0 radical (unpaired) electrons. The Morgan fingerprint density at radius 1 is 1.33 bits per heavy atom. The lowest BCUT2D eigenvalue weighted by Crippen LogP contribution is -2.52. The molecule has 6 heteroatoms. The van der Waals surface area contributed by atoms with Gasteiger partial charge in [-0.2, -0.15) is 5.10 Å². The Hall–Kier alpha value is -1.40. The number of carbonyl (C=O) groups excluding carboxylic acids is 1. The summed E-state index contributed by atoms with van der Waals surface area (Å²) in [6.07, 6.45) is 0. The number of hydrogen-bond donors (Lipinski definition) is 1. The maximum atomic E-state index is 12.6. The summed E-state index contributed by atoms with van der Waals surface area (Å²) >= 11 is 0. The number of amides is 1. The van der Waals surface area contributed by atoms with Crippen molar-refractivity contribution >= 4 is 5.91 Å². The van der Waals surface area contributed by atoms with Crippen LogP contribution in [0.4, 0.5) is 0 Å². The first-order valence-corrected chi connectivity index (χ1v) is 7.58. The summed E-state index contributed by atoms with van der Waals surface area (Å²) in [5.41, 5.74) is 0.858. The molecule has 2 rings (SSSR count). The van der Waals surface area contributed by atoms with E-state index in [2.05, 4.69) is 10.00 Å². The number of aliphatic hydroxyl groups is 1. The van der Waals surface area contributed by atoms with E-state index in [9.17, 15) is 9.90 Å². The van der Waals surface area contributed by atoms with Crippen LogP contribution in [0.25, 0.3) is 0 Å². The molecule has 6 nitrogen and oxygen atoms in total. The molecule has 1 amide bonds. The molecule has 0 atom stereocenters. The zero-order valence-electron chi connectivity index (χ0n) is 13.5. The zero-order valence-corrected chi connectivity index (χ0v) is 13.5. The number of aromatic nitrogens is 2. The number of carbonyl (C=O) groups is 1. The van der Waals surface area contributed by atoms with Gasteiger partial charge in [0.15, 0.2) is 0 Å². The Bertz CT molecular complexity index is 496. The van der Waals surface area contributed by atoms with Gasteiger partial charge in [0.05, 0.1) is 11.3 Å². The molecule has 2 heterocycles. The van der Waals surface area contributed by atoms with Gasteiger partial charge in [-0.15, -0.1) is 0 Å². The molecule has 0 unspecified atom stereocenters. The van der Waals surface area contributed by atoms with Crippen molar-refractivity contribution < 1.29 is 9.90 Å². The van der Waals surface area contributed by atoms with Crippen LogP contribution in [-0.4, -0.2) is 68.9 Å². The second-order valence-corrected chi connectivity index (χ2v) is 6.37. The Morgan fingerprint density at radius 2 is 1.95 bits per heavy atom. The minimum absolute atomic E-state index is 0.0559. The summed E-state index contributed by atoms with van der Waals surface area (Å²) in [6.45, 7) is 11.9. The van der Waals surface area contributed by atoms with Crippen LogP contribution in [0.5, 0.6) is 0 Å². The lowest BCUT2D eigenvalue weighted by molar-refractivity contribution is 0.0176. The van der Waals surface area contributed by atoms with Crippen molar-refractivity contribution in [2.75, 3.05) is 32.7 Å². The monoisotopic (exact) mass is 294 g/mol. The Morgan fingerprint density at radius 3 is 2.48 bits per heavy atom. The number of rotatable bonds is 4. The quantitative estimate of drug-likeness (QED) is 0.890. The van der Waals surface area contributed by atoms with Gasteiger partial charge in [0.25, 0.3) is 5.91 Å². The van der Waals surface area contributed by atoms with Gasteiger partial charge in [-0.1, -0.05) is 0 Å². The van der Waals surface area contributed by atoms with Gasteiger partial charge in [-0.25, -0.2) is 0 Å². The smallest absolute Gasteiger partial charge is 0.272 e. The van der Waals surface area contributed by atoms with Crippen molar-refractivity contribution in [3.05, 3.63) is 17.5 Å². The highest BCUT2D eigenvalue weighted by Crippen LogP contribution is 2.12. The first kappa shape index (κ1) is 16.0. The third-order valence-electron chi connectivity index (χ3n) is 3.69. The van der Waals surface area contributed by atoms with Crippen LogP contribution in [0.15, 0.2) is 6.07 Å². The molecule has 0 spiro atoms. The summed E-state index contributed by atoms with van der Waals surface area (Å²) < 4.78 is 1.76. The molecule has 1 fully saturated rings. The van der Waals surface area contributed by atoms with Crippen LogP contribution in [0.1, 0.15) is 37.0 Å². The summed E-state index contributed by atoms with van der Waals surface area (Å²) in [7, 11) is 0. The molecule has 21 heavy (non-hydrogen) atoms. The third kappa shape index (κ3) is 4.04. The number of piperazine rings is 1. The summed E-state index contributed by atoms with van der Waals surface area (Å²) in [6, 6.07) is 1.86. The molecular weight excluding hydrogens is 268 g/mol. The zero-order chi connectivity index (χ0) is 15.6. The van der Waals surface area contributed by atoms with Gasteiger partial charge in [0.1, 0.15) is 5.69 Å². The fourth-order valence-corrected chi connectivity index (χ4v) is 2.78. The number of hydrogen-bond acceptors (Lipinski definition) is 4. The molecule has 118 valence electrons. The van der Waals surface area contributed by atoms with Crippen molar-refractivity contribution in [3.8, 4) is 0 Å².